The molecule has 2 aromatic rings. The lowest BCUT2D eigenvalue weighted by atomic mass is 10.1. The molecule has 3 rings (SSSR count). The second-order valence-electron chi connectivity index (χ2n) is 5.04. The van der Waals surface area contributed by atoms with Crippen LogP contribution >= 0.6 is 0 Å². The van der Waals surface area contributed by atoms with Crippen LogP contribution in [-0.2, 0) is 0 Å². The van der Waals surface area contributed by atoms with Gasteiger partial charge in [-0.05, 0) is 25.6 Å². The van der Waals surface area contributed by atoms with Crippen molar-refractivity contribution >= 4 is 0 Å². The summed E-state index contributed by atoms with van der Waals surface area (Å²) in [4.78, 5) is 6.76. The molecule has 0 amide bonds. The number of likely N-dealkylation sites (N-methyl/N-ethyl adjacent to an activating group) is 1. The number of pyridine rings is 1. The standard InChI is InChI=1S/C16H18N2O/c1-18-10-9-15(12-18)19-14-7-8-16(17-11-14)13-5-3-2-4-6-13/h2-8,11,15H,9-10,12H2,1H3. The zero-order valence-electron chi connectivity index (χ0n) is 11.1. The first-order valence-corrected chi connectivity index (χ1v) is 6.68. The van der Waals surface area contributed by atoms with Crippen LogP contribution in [0.1, 0.15) is 6.42 Å². The highest BCUT2D eigenvalue weighted by molar-refractivity contribution is 5.59. The molecule has 98 valence electrons. The number of benzene rings is 1. The van der Waals surface area contributed by atoms with Gasteiger partial charge in [-0.3, -0.25) is 4.98 Å². The highest BCUT2D eigenvalue weighted by Crippen LogP contribution is 2.21. The van der Waals surface area contributed by atoms with E-state index in [0.717, 1.165) is 36.5 Å². The van der Waals surface area contributed by atoms with Crippen LogP contribution in [0, 0.1) is 0 Å². The topological polar surface area (TPSA) is 25.4 Å². The van der Waals surface area contributed by atoms with Crippen molar-refractivity contribution in [3.8, 4) is 17.0 Å². The predicted molar refractivity (Wildman–Crippen MR) is 76.2 cm³/mol. The number of ether oxygens (including phenoxy) is 1. The Labute approximate surface area is 113 Å². The summed E-state index contributed by atoms with van der Waals surface area (Å²) in [7, 11) is 2.13. The monoisotopic (exact) mass is 254 g/mol. The first kappa shape index (κ1) is 12.2. The van der Waals surface area contributed by atoms with E-state index in [2.05, 4.69) is 29.1 Å². The number of rotatable bonds is 3. The lowest BCUT2D eigenvalue weighted by Gasteiger charge is -2.13. The van der Waals surface area contributed by atoms with Crippen molar-refractivity contribution in [3.05, 3.63) is 48.7 Å². The Balaban J connectivity index is 1.69. The van der Waals surface area contributed by atoms with Crippen molar-refractivity contribution in [1.29, 1.82) is 0 Å². The molecular formula is C16H18N2O. The summed E-state index contributed by atoms with van der Waals surface area (Å²) in [5, 5.41) is 0. The smallest absolute Gasteiger partial charge is 0.138 e. The predicted octanol–water partition coefficient (Wildman–Crippen LogP) is 2.83. The van der Waals surface area contributed by atoms with Gasteiger partial charge in [-0.25, -0.2) is 0 Å². The molecule has 1 atom stereocenters. The average Bonchev–Trinajstić information content (AvgIpc) is 2.86. The molecule has 1 aliphatic heterocycles. The van der Waals surface area contributed by atoms with Gasteiger partial charge in [0, 0.05) is 18.7 Å². The zero-order valence-corrected chi connectivity index (χ0v) is 11.1. The molecule has 0 aliphatic carbocycles. The van der Waals surface area contributed by atoms with E-state index < -0.39 is 0 Å². The quantitative estimate of drug-likeness (QED) is 0.842. The van der Waals surface area contributed by atoms with E-state index in [0.29, 0.717) is 6.10 Å². The summed E-state index contributed by atoms with van der Waals surface area (Å²) in [6.07, 6.45) is 3.21. The fraction of sp³-hybridized carbons (Fsp3) is 0.312. The lowest BCUT2D eigenvalue weighted by molar-refractivity contribution is 0.207. The molecule has 0 N–H and O–H groups in total. The number of likely N-dealkylation sites (tertiary alicyclic amines) is 1. The van der Waals surface area contributed by atoms with Crippen molar-refractivity contribution in [3.63, 3.8) is 0 Å². The minimum absolute atomic E-state index is 0.300. The minimum Gasteiger partial charge on any atom is -0.487 e. The van der Waals surface area contributed by atoms with E-state index in [1.54, 1.807) is 0 Å². The Morgan fingerprint density at radius 1 is 1.16 bits per heavy atom. The van der Waals surface area contributed by atoms with Crippen LogP contribution in [0.5, 0.6) is 5.75 Å². The van der Waals surface area contributed by atoms with Crippen molar-refractivity contribution < 1.29 is 4.74 Å². The molecule has 3 heteroatoms. The largest absolute Gasteiger partial charge is 0.487 e. The maximum Gasteiger partial charge on any atom is 0.138 e. The Morgan fingerprint density at radius 3 is 2.63 bits per heavy atom. The number of aromatic nitrogens is 1. The molecule has 2 heterocycles. The Hall–Kier alpha value is -1.87. The summed E-state index contributed by atoms with van der Waals surface area (Å²) < 4.78 is 5.93. The van der Waals surface area contributed by atoms with Crippen LogP contribution in [0.25, 0.3) is 11.3 Å². The summed E-state index contributed by atoms with van der Waals surface area (Å²) in [6, 6.07) is 14.2. The van der Waals surface area contributed by atoms with Gasteiger partial charge < -0.3 is 9.64 Å². The molecule has 3 nitrogen and oxygen atoms in total. The SMILES string of the molecule is CN1CCC(Oc2ccc(-c3ccccc3)nc2)C1. The highest BCUT2D eigenvalue weighted by Gasteiger charge is 2.20. The van der Waals surface area contributed by atoms with E-state index in [4.69, 9.17) is 4.74 Å². The molecule has 0 bridgehead atoms. The van der Waals surface area contributed by atoms with Gasteiger partial charge in [-0.1, -0.05) is 30.3 Å². The van der Waals surface area contributed by atoms with Crippen molar-refractivity contribution in [2.45, 2.75) is 12.5 Å². The fourth-order valence-corrected chi connectivity index (χ4v) is 2.41. The Morgan fingerprint density at radius 2 is 2.00 bits per heavy atom. The van der Waals surface area contributed by atoms with Gasteiger partial charge in [0.15, 0.2) is 0 Å². The highest BCUT2D eigenvalue weighted by atomic mass is 16.5. The van der Waals surface area contributed by atoms with Crippen LogP contribution < -0.4 is 4.74 Å². The Kier molecular flexibility index (Phi) is 3.47. The number of hydrogen-bond acceptors (Lipinski definition) is 3. The number of hydrogen-bond donors (Lipinski definition) is 0. The molecule has 1 fully saturated rings. The zero-order chi connectivity index (χ0) is 13.1. The normalized spacial score (nSPS) is 19.5. The summed E-state index contributed by atoms with van der Waals surface area (Å²) in [5.74, 6) is 0.861. The van der Waals surface area contributed by atoms with Crippen molar-refractivity contribution in [2.75, 3.05) is 20.1 Å². The second kappa shape index (κ2) is 5.41. The summed E-state index contributed by atoms with van der Waals surface area (Å²) in [6.45, 7) is 2.11. The average molecular weight is 254 g/mol. The van der Waals surface area contributed by atoms with Crippen LogP contribution in [0.3, 0.4) is 0 Å². The molecule has 1 aliphatic rings. The van der Waals surface area contributed by atoms with E-state index in [1.165, 1.54) is 0 Å². The molecule has 0 radical (unpaired) electrons. The van der Waals surface area contributed by atoms with Crippen LogP contribution in [0.4, 0.5) is 0 Å². The molecular weight excluding hydrogens is 236 g/mol. The third-order valence-corrected chi connectivity index (χ3v) is 3.46. The Bertz CT molecular complexity index is 524. The summed E-state index contributed by atoms with van der Waals surface area (Å²) >= 11 is 0. The minimum atomic E-state index is 0.300. The lowest BCUT2D eigenvalue weighted by Crippen LogP contribution is -2.21. The van der Waals surface area contributed by atoms with Crippen molar-refractivity contribution in [1.82, 2.24) is 9.88 Å². The first-order chi connectivity index (χ1) is 9.31. The molecule has 19 heavy (non-hydrogen) atoms. The third-order valence-electron chi connectivity index (χ3n) is 3.46. The molecule has 1 unspecified atom stereocenters. The molecule has 1 aromatic heterocycles. The van der Waals surface area contributed by atoms with Gasteiger partial charge in [0.25, 0.3) is 0 Å². The van der Waals surface area contributed by atoms with Gasteiger partial charge in [-0.2, -0.15) is 0 Å². The van der Waals surface area contributed by atoms with Crippen LogP contribution in [-0.4, -0.2) is 36.1 Å². The van der Waals surface area contributed by atoms with E-state index >= 15 is 0 Å². The number of nitrogens with zero attached hydrogens (tertiary/aromatic N) is 2. The summed E-state index contributed by atoms with van der Waals surface area (Å²) in [5.41, 5.74) is 2.12. The molecule has 0 saturated carbocycles. The van der Waals surface area contributed by atoms with Crippen LogP contribution in [0.2, 0.25) is 0 Å². The van der Waals surface area contributed by atoms with Crippen molar-refractivity contribution in [2.24, 2.45) is 0 Å². The first-order valence-electron chi connectivity index (χ1n) is 6.68. The van der Waals surface area contributed by atoms with E-state index in [-0.39, 0.29) is 0 Å². The maximum absolute atomic E-state index is 5.93. The van der Waals surface area contributed by atoms with Gasteiger partial charge >= 0.3 is 0 Å². The van der Waals surface area contributed by atoms with E-state index in [1.807, 2.05) is 36.5 Å². The molecule has 1 saturated heterocycles. The van der Waals surface area contributed by atoms with Gasteiger partial charge in [0.2, 0.25) is 0 Å². The molecule has 0 spiro atoms. The van der Waals surface area contributed by atoms with Gasteiger partial charge in [-0.15, -0.1) is 0 Å². The third kappa shape index (κ3) is 2.93. The second-order valence-corrected chi connectivity index (χ2v) is 5.04. The van der Waals surface area contributed by atoms with E-state index in [9.17, 15) is 0 Å². The van der Waals surface area contributed by atoms with Gasteiger partial charge in [0.1, 0.15) is 11.9 Å². The maximum atomic E-state index is 5.93. The van der Waals surface area contributed by atoms with Crippen LogP contribution in [0.15, 0.2) is 48.7 Å². The van der Waals surface area contributed by atoms with Gasteiger partial charge in [0.05, 0.1) is 11.9 Å². The molecule has 1 aromatic carbocycles. The fourth-order valence-electron chi connectivity index (χ4n) is 2.41.